The van der Waals surface area contributed by atoms with E-state index >= 15 is 0 Å². The average Bonchev–Trinajstić information content (AvgIpc) is 2.14. The van der Waals surface area contributed by atoms with Crippen LogP contribution in [0.15, 0.2) is 11.8 Å². The lowest BCUT2D eigenvalue weighted by Crippen LogP contribution is -1.80. The van der Waals surface area contributed by atoms with Crippen LogP contribution in [0.3, 0.4) is 0 Å². The predicted molar refractivity (Wildman–Crippen MR) is 53.8 cm³/mol. The van der Waals surface area contributed by atoms with Gasteiger partial charge in [0, 0.05) is 6.42 Å². The first-order valence-electron chi connectivity index (χ1n) is 4.54. The molecule has 0 aromatic carbocycles. The lowest BCUT2D eigenvalue weighted by atomic mass is 10.4. The normalized spacial score (nSPS) is 8.45. The van der Waals surface area contributed by atoms with Gasteiger partial charge in [0.2, 0.25) is 0 Å². The first-order valence-corrected chi connectivity index (χ1v) is 4.54. The fourth-order valence-electron chi connectivity index (χ4n) is 0.466. The summed E-state index contributed by atoms with van der Waals surface area (Å²) in [6, 6.07) is 0. The van der Waals surface area contributed by atoms with Gasteiger partial charge in [0.15, 0.2) is 0 Å². The fourth-order valence-corrected chi connectivity index (χ4v) is 0.466. The molecule has 0 aliphatic carbocycles. The van der Waals surface area contributed by atoms with Gasteiger partial charge >= 0.3 is 0 Å². The van der Waals surface area contributed by atoms with E-state index in [9.17, 15) is 0 Å². The van der Waals surface area contributed by atoms with Gasteiger partial charge in [0.1, 0.15) is 0 Å². The zero-order chi connectivity index (χ0) is 9.70. The van der Waals surface area contributed by atoms with E-state index in [1.165, 1.54) is 0 Å². The summed E-state index contributed by atoms with van der Waals surface area (Å²) in [6.45, 7) is 12.0. The molecule has 0 aliphatic rings. The maximum Gasteiger partial charge on any atom is 0.0910 e. The van der Waals surface area contributed by atoms with Gasteiger partial charge in [0.05, 0.1) is 12.9 Å². The molecular formula is C10H24O. The van der Waals surface area contributed by atoms with E-state index in [1.807, 2.05) is 40.7 Å². The summed E-state index contributed by atoms with van der Waals surface area (Å²) in [4.78, 5) is 0. The molecule has 0 N–H and O–H groups in total. The van der Waals surface area contributed by atoms with Crippen molar-refractivity contribution in [2.45, 2.75) is 48.0 Å². The zero-order valence-electron chi connectivity index (χ0n) is 9.19. The van der Waals surface area contributed by atoms with Gasteiger partial charge < -0.3 is 4.74 Å². The third-order valence-electron chi connectivity index (χ3n) is 0.933. The van der Waals surface area contributed by atoms with Crippen molar-refractivity contribution in [2.24, 2.45) is 0 Å². The van der Waals surface area contributed by atoms with Crippen molar-refractivity contribution in [1.29, 1.82) is 0 Å². The molecule has 1 heteroatoms. The first kappa shape index (κ1) is 16.9. The second-order valence-corrected chi connectivity index (χ2v) is 1.31. The van der Waals surface area contributed by atoms with Gasteiger partial charge in [-0.25, -0.2) is 0 Å². The van der Waals surface area contributed by atoms with E-state index in [0.717, 1.165) is 12.2 Å². The predicted octanol–water partition coefficient (Wildman–Crippen LogP) is 4.00. The summed E-state index contributed by atoms with van der Waals surface area (Å²) < 4.78 is 4.91. The van der Waals surface area contributed by atoms with Crippen LogP contribution in [0, 0.1) is 0 Å². The molecular weight excluding hydrogens is 136 g/mol. The summed E-state index contributed by atoms with van der Waals surface area (Å²) in [5, 5.41) is 0. The molecule has 0 amide bonds. The molecule has 0 unspecified atom stereocenters. The van der Waals surface area contributed by atoms with Crippen LogP contribution in [-0.2, 0) is 4.74 Å². The Balaban J connectivity index is -0.000000138. The summed E-state index contributed by atoms with van der Waals surface area (Å²) in [5.74, 6) is 1.06. The summed E-state index contributed by atoms with van der Waals surface area (Å²) in [7, 11) is 1.69. The second-order valence-electron chi connectivity index (χ2n) is 1.31. The highest BCUT2D eigenvalue weighted by Crippen LogP contribution is 1.97. The Bertz CT molecular complexity index is 59.3. The Labute approximate surface area is 72.5 Å². The largest absolute Gasteiger partial charge is 0.501 e. The smallest absolute Gasteiger partial charge is 0.0910 e. The minimum absolute atomic E-state index is 0.993. The molecule has 0 heterocycles. The Morgan fingerprint density at radius 2 is 1.55 bits per heavy atom. The highest BCUT2D eigenvalue weighted by Gasteiger charge is 1.82. The molecule has 0 radical (unpaired) electrons. The summed E-state index contributed by atoms with van der Waals surface area (Å²) in [6.07, 6.45) is 2.97. The van der Waals surface area contributed by atoms with Crippen molar-refractivity contribution in [3.8, 4) is 0 Å². The van der Waals surface area contributed by atoms with Gasteiger partial charge in [-0.15, -0.1) is 0 Å². The monoisotopic (exact) mass is 160 g/mol. The van der Waals surface area contributed by atoms with E-state index in [2.05, 4.69) is 6.92 Å². The van der Waals surface area contributed by atoms with Crippen LogP contribution in [0.4, 0.5) is 0 Å². The highest BCUT2D eigenvalue weighted by atomic mass is 16.5. The second kappa shape index (κ2) is 22.7. The SMILES string of the molecule is C/C=C(/CC)OC.CC.CC. The average molecular weight is 160 g/mol. The summed E-state index contributed by atoms with van der Waals surface area (Å²) >= 11 is 0. The van der Waals surface area contributed by atoms with Gasteiger partial charge in [-0.05, 0) is 13.0 Å². The third kappa shape index (κ3) is 17.7. The molecule has 0 rings (SSSR count). The van der Waals surface area contributed by atoms with Gasteiger partial charge in [-0.1, -0.05) is 34.6 Å². The molecule has 0 aromatic heterocycles. The van der Waals surface area contributed by atoms with E-state index in [4.69, 9.17) is 4.74 Å². The highest BCUT2D eigenvalue weighted by molar-refractivity contribution is 4.87. The van der Waals surface area contributed by atoms with Crippen LogP contribution in [0.5, 0.6) is 0 Å². The number of hydrogen-bond acceptors (Lipinski definition) is 1. The molecule has 1 nitrogen and oxygen atoms in total. The van der Waals surface area contributed by atoms with Gasteiger partial charge in [-0.3, -0.25) is 0 Å². The van der Waals surface area contributed by atoms with E-state index in [1.54, 1.807) is 7.11 Å². The Morgan fingerprint density at radius 1 is 1.18 bits per heavy atom. The van der Waals surface area contributed by atoms with Gasteiger partial charge in [-0.2, -0.15) is 0 Å². The lowest BCUT2D eigenvalue weighted by Gasteiger charge is -1.97. The van der Waals surface area contributed by atoms with Crippen LogP contribution >= 0.6 is 0 Å². The van der Waals surface area contributed by atoms with Crippen molar-refractivity contribution >= 4 is 0 Å². The Hall–Kier alpha value is -0.460. The fraction of sp³-hybridized carbons (Fsp3) is 0.800. The maximum atomic E-state index is 4.91. The number of ether oxygens (including phenoxy) is 1. The van der Waals surface area contributed by atoms with Crippen molar-refractivity contribution in [2.75, 3.05) is 7.11 Å². The Morgan fingerprint density at radius 3 is 1.55 bits per heavy atom. The van der Waals surface area contributed by atoms with Gasteiger partial charge in [0.25, 0.3) is 0 Å². The number of hydrogen-bond donors (Lipinski definition) is 0. The van der Waals surface area contributed by atoms with Crippen molar-refractivity contribution < 1.29 is 4.74 Å². The molecule has 0 spiro atoms. The number of methoxy groups -OCH3 is 1. The van der Waals surface area contributed by atoms with Crippen LogP contribution in [0.2, 0.25) is 0 Å². The molecule has 0 saturated carbocycles. The van der Waals surface area contributed by atoms with E-state index < -0.39 is 0 Å². The minimum atomic E-state index is 0.993. The van der Waals surface area contributed by atoms with Crippen molar-refractivity contribution in [3.63, 3.8) is 0 Å². The van der Waals surface area contributed by atoms with E-state index in [-0.39, 0.29) is 0 Å². The van der Waals surface area contributed by atoms with E-state index in [0.29, 0.717) is 0 Å². The molecule has 0 atom stereocenters. The number of rotatable bonds is 2. The van der Waals surface area contributed by atoms with Crippen LogP contribution in [0.25, 0.3) is 0 Å². The molecule has 11 heavy (non-hydrogen) atoms. The van der Waals surface area contributed by atoms with Crippen molar-refractivity contribution in [1.82, 2.24) is 0 Å². The van der Waals surface area contributed by atoms with Crippen molar-refractivity contribution in [3.05, 3.63) is 11.8 Å². The first-order chi connectivity index (χ1) is 5.35. The quantitative estimate of drug-likeness (QED) is 0.555. The van der Waals surface area contributed by atoms with Crippen LogP contribution in [-0.4, -0.2) is 7.11 Å². The molecule has 70 valence electrons. The number of allylic oxidation sites excluding steroid dienone is 2. The Kier molecular flexibility index (Phi) is 34.8. The molecule has 0 fully saturated rings. The third-order valence-corrected chi connectivity index (χ3v) is 0.933. The minimum Gasteiger partial charge on any atom is -0.501 e. The molecule has 0 saturated heterocycles. The van der Waals surface area contributed by atoms with Crippen LogP contribution in [0.1, 0.15) is 48.0 Å². The zero-order valence-corrected chi connectivity index (χ0v) is 9.19. The molecule has 0 aromatic rings. The standard InChI is InChI=1S/C6H12O.2C2H6/c1-4-6(5-2)7-3;2*1-2/h4H,5H2,1-3H3;2*1-2H3/b6-4-;;. The molecule has 0 bridgehead atoms. The topological polar surface area (TPSA) is 9.23 Å². The summed E-state index contributed by atoms with van der Waals surface area (Å²) in [5.41, 5.74) is 0. The lowest BCUT2D eigenvalue weighted by molar-refractivity contribution is 0.280. The maximum absolute atomic E-state index is 4.91. The van der Waals surface area contributed by atoms with Crippen LogP contribution < -0.4 is 0 Å². The molecule has 0 aliphatic heterocycles.